The molecule has 8 heavy (non-hydrogen) atoms. The van der Waals surface area contributed by atoms with E-state index < -0.39 is 5.60 Å². The highest BCUT2D eigenvalue weighted by Crippen LogP contribution is 1.95. The first-order valence-corrected chi connectivity index (χ1v) is 2.40. The van der Waals surface area contributed by atoms with Crippen LogP contribution in [0.15, 0.2) is 0 Å². The zero-order chi connectivity index (χ0) is 6.62. The molecule has 0 rings (SSSR count). The van der Waals surface area contributed by atoms with E-state index >= 15 is 0 Å². The molecule has 0 heterocycles. The third-order valence-corrected chi connectivity index (χ3v) is 0.600. The number of nitriles is 1. The Hall–Kier alpha value is -0.750. The Morgan fingerprint density at radius 1 is 1.75 bits per heavy atom. The van der Waals surface area contributed by atoms with Crippen LogP contribution in [0.4, 0.5) is 0 Å². The summed E-state index contributed by atoms with van der Waals surface area (Å²) in [6, 6.07) is 0. The molecule has 3 nitrogen and oxygen atoms in total. The van der Waals surface area contributed by atoms with Crippen LogP contribution >= 0.6 is 0 Å². The van der Waals surface area contributed by atoms with Crippen LogP contribution in [0.1, 0.15) is 13.8 Å². The van der Waals surface area contributed by atoms with Crippen molar-refractivity contribution in [2.45, 2.75) is 19.4 Å². The van der Waals surface area contributed by atoms with E-state index in [-0.39, 0.29) is 0 Å². The van der Waals surface area contributed by atoms with Crippen LogP contribution in [-0.2, 0) is 0 Å². The van der Waals surface area contributed by atoms with Crippen LogP contribution in [-0.4, -0.2) is 17.3 Å². The molecule has 0 aromatic carbocycles. The zero-order valence-corrected chi connectivity index (χ0v) is 5.10. The van der Waals surface area contributed by atoms with Crippen LogP contribution in [0, 0.1) is 11.5 Å². The van der Waals surface area contributed by atoms with Gasteiger partial charge in [0.25, 0.3) is 0 Å². The molecule has 0 atom stereocenters. The number of nitrogens with one attached hydrogen (secondary N) is 1. The maximum Gasteiger partial charge on any atom is 0.176 e. The number of aliphatic hydroxyl groups is 1. The van der Waals surface area contributed by atoms with Gasteiger partial charge in [-0.2, -0.15) is 5.26 Å². The first-order chi connectivity index (χ1) is 3.56. The van der Waals surface area contributed by atoms with Gasteiger partial charge in [-0.15, -0.1) is 0 Å². The molecule has 0 radical (unpaired) electrons. The molecule has 3 heteroatoms. The highest BCUT2D eigenvalue weighted by Gasteiger charge is 2.09. The highest BCUT2D eigenvalue weighted by atomic mass is 16.3. The molecule has 0 spiro atoms. The molecule has 2 N–H and O–H groups in total. The number of rotatable bonds is 2. The molecule has 0 aliphatic rings. The summed E-state index contributed by atoms with van der Waals surface area (Å²) in [5.41, 5.74) is -0.782. The monoisotopic (exact) mass is 114 g/mol. The summed E-state index contributed by atoms with van der Waals surface area (Å²) in [7, 11) is 0. The SMILES string of the molecule is CC(C)(O)CNC#N. The van der Waals surface area contributed by atoms with Crippen molar-refractivity contribution in [1.29, 1.82) is 5.26 Å². The van der Waals surface area contributed by atoms with E-state index in [0.29, 0.717) is 6.54 Å². The minimum absolute atomic E-state index is 0.309. The molecule has 46 valence electrons. The van der Waals surface area contributed by atoms with Gasteiger partial charge in [0, 0.05) is 0 Å². The summed E-state index contributed by atoms with van der Waals surface area (Å²) >= 11 is 0. The molecular formula is C5H10N2O. The summed E-state index contributed by atoms with van der Waals surface area (Å²) in [6.45, 7) is 3.58. The number of nitrogens with zero attached hydrogens (tertiary/aromatic N) is 1. The van der Waals surface area contributed by atoms with Gasteiger partial charge < -0.3 is 10.4 Å². The third-order valence-electron chi connectivity index (χ3n) is 0.600. The van der Waals surface area contributed by atoms with Gasteiger partial charge in [0.1, 0.15) is 0 Å². The predicted molar refractivity (Wildman–Crippen MR) is 29.9 cm³/mol. The van der Waals surface area contributed by atoms with Gasteiger partial charge in [-0.1, -0.05) is 0 Å². The van der Waals surface area contributed by atoms with E-state index in [4.69, 9.17) is 10.4 Å². The van der Waals surface area contributed by atoms with Crippen molar-refractivity contribution >= 4 is 0 Å². The zero-order valence-electron chi connectivity index (χ0n) is 5.10. The van der Waals surface area contributed by atoms with E-state index in [1.54, 1.807) is 20.0 Å². The first-order valence-electron chi connectivity index (χ1n) is 2.40. The molecule has 0 aliphatic carbocycles. The standard InChI is InChI=1S/C5H10N2O/c1-5(2,8)3-7-4-6/h7-8H,3H2,1-2H3. The summed E-state index contributed by atoms with van der Waals surface area (Å²) in [5, 5.41) is 19.2. The van der Waals surface area contributed by atoms with E-state index in [2.05, 4.69) is 5.32 Å². The van der Waals surface area contributed by atoms with Crippen molar-refractivity contribution in [2.24, 2.45) is 0 Å². The minimum atomic E-state index is -0.782. The molecule has 0 aromatic heterocycles. The molecule has 0 amide bonds. The van der Waals surface area contributed by atoms with Crippen LogP contribution < -0.4 is 5.32 Å². The Morgan fingerprint density at radius 2 is 2.25 bits per heavy atom. The smallest absolute Gasteiger partial charge is 0.176 e. The fourth-order valence-corrected chi connectivity index (χ4v) is 0.256. The lowest BCUT2D eigenvalue weighted by atomic mass is 10.1. The Bertz CT molecular complexity index is 98.0. The lowest BCUT2D eigenvalue weighted by molar-refractivity contribution is 0.0841. The average molecular weight is 114 g/mol. The van der Waals surface area contributed by atoms with Crippen LogP contribution in [0.5, 0.6) is 0 Å². The Balaban J connectivity index is 3.28. The molecule has 0 saturated carbocycles. The maximum absolute atomic E-state index is 8.94. The Morgan fingerprint density at radius 3 is 2.38 bits per heavy atom. The van der Waals surface area contributed by atoms with Crippen LogP contribution in [0.2, 0.25) is 0 Å². The van der Waals surface area contributed by atoms with Crippen molar-refractivity contribution in [2.75, 3.05) is 6.54 Å². The normalized spacial score (nSPS) is 10.2. The summed E-state index contributed by atoms with van der Waals surface area (Å²) < 4.78 is 0. The van der Waals surface area contributed by atoms with Crippen molar-refractivity contribution in [3.8, 4) is 6.19 Å². The number of hydrogen-bond acceptors (Lipinski definition) is 3. The first kappa shape index (κ1) is 7.25. The summed E-state index contributed by atoms with van der Waals surface area (Å²) in [6.07, 6.45) is 1.71. The minimum Gasteiger partial charge on any atom is -0.389 e. The summed E-state index contributed by atoms with van der Waals surface area (Å²) in [4.78, 5) is 0. The average Bonchev–Trinajstić information content (AvgIpc) is 1.59. The van der Waals surface area contributed by atoms with Gasteiger partial charge >= 0.3 is 0 Å². The molecule has 0 aromatic rings. The van der Waals surface area contributed by atoms with Gasteiger partial charge in [-0.3, -0.25) is 0 Å². The van der Waals surface area contributed by atoms with Gasteiger partial charge in [0.05, 0.1) is 12.1 Å². The molecule has 0 bridgehead atoms. The molecular weight excluding hydrogens is 104 g/mol. The van der Waals surface area contributed by atoms with Crippen LogP contribution in [0.25, 0.3) is 0 Å². The largest absolute Gasteiger partial charge is 0.389 e. The number of hydrogen-bond donors (Lipinski definition) is 2. The van der Waals surface area contributed by atoms with Crippen molar-refractivity contribution in [3.05, 3.63) is 0 Å². The van der Waals surface area contributed by atoms with Crippen molar-refractivity contribution in [1.82, 2.24) is 5.32 Å². The predicted octanol–water partition coefficient (Wildman–Crippen LogP) is -0.172. The lowest BCUT2D eigenvalue weighted by Crippen LogP contribution is -2.32. The van der Waals surface area contributed by atoms with Gasteiger partial charge in [-0.25, -0.2) is 0 Å². The molecule has 0 saturated heterocycles. The molecule has 0 aliphatic heterocycles. The Labute approximate surface area is 48.9 Å². The molecule has 0 unspecified atom stereocenters. The summed E-state index contributed by atoms with van der Waals surface area (Å²) in [5.74, 6) is 0. The quantitative estimate of drug-likeness (QED) is 0.387. The van der Waals surface area contributed by atoms with E-state index in [1.165, 1.54) is 0 Å². The van der Waals surface area contributed by atoms with Crippen molar-refractivity contribution < 1.29 is 5.11 Å². The van der Waals surface area contributed by atoms with Gasteiger partial charge in [0.15, 0.2) is 6.19 Å². The third kappa shape index (κ3) is 5.25. The van der Waals surface area contributed by atoms with Crippen LogP contribution in [0.3, 0.4) is 0 Å². The van der Waals surface area contributed by atoms with Gasteiger partial charge in [-0.05, 0) is 13.8 Å². The Kier molecular flexibility index (Phi) is 2.29. The fourth-order valence-electron chi connectivity index (χ4n) is 0.256. The second kappa shape index (κ2) is 2.53. The maximum atomic E-state index is 8.94. The molecule has 0 fully saturated rings. The lowest BCUT2D eigenvalue weighted by Gasteiger charge is -2.14. The highest BCUT2D eigenvalue weighted by molar-refractivity contribution is 4.74. The van der Waals surface area contributed by atoms with Gasteiger partial charge in [0.2, 0.25) is 0 Å². The van der Waals surface area contributed by atoms with E-state index in [0.717, 1.165) is 0 Å². The van der Waals surface area contributed by atoms with E-state index in [1.807, 2.05) is 0 Å². The van der Waals surface area contributed by atoms with E-state index in [9.17, 15) is 0 Å². The van der Waals surface area contributed by atoms with Crippen molar-refractivity contribution in [3.63, 3.8) is 0 Å². The fraction of sp³-hybridized carbons (Fsp3) is 0.800. The second-order valence-corrected chi connectivity index (χ2v) is 2.28. The topological polar surface area (TPSA) is 56.0 Å². The second-order valence-electron chi connectivity index (χ2n) is 2.28.